The Kier molecular flexibility index (Phi) is 6.70. The third-order valence-electron chi connectivity index (χ3n) is 5.80. The largest absolute Gasteiger partial charge is 0.477 e. The Hall–Kier alpha value is -4.53. The number of aryl methyl sites for hydroxylation is 1. The molecule has 4 aromatic rings. The van der Waals surface area contributed by atoms with Crippen LogP contribution in [0.2, 0.25) is 0 Å². The first-order valence-electron chi connectivity index (χ1n) is 11.5. The van der Waals surface area contributed by atoms with Crippen molar-refractivity contribution >= 4 is 17.5 Å². The van der Waals surface area contributed by atoms with Crippen molar-refractivity contribution in [1.82, 2.24) is 15.5 Å². The monoisotopic (exact) mass is 486 g/mol. The van der Waals surface area contributed by atoms with Crippen molar-refractivity contribution < 1.29 is 23.2 Å². The van der Waals surface area contributed by atoms with Gasteiger partial charge < -0.3 is 19.5 Å². The number of fused-ring (bicyclic) bond motifs is 1. The van der Waals surface area contributed by atoms with E-state index in [2.05, 4.69) is 15.5 Å². The summed E-state index contributed by atoms with van der Waals surface area (Å²) in [5.41, 5.74) is 2.19. The van der Waals surface area contributed by atoms with Crippen molar-refractivity contribution in [2.75, 3.05) is 11.4 Å². The number of carbonyl (C=O) groups is 2. The van der Waals surface area contributed by atoms with Crippen LogP contribution in [0.5, 0.6) is 5.75 Å². The number of benzene rings is 3. The van der Waals surface area contributed by atoms with E-state index < -0.39 is 6.10 Å². The van der Waals surface area contributed by atoms with Crippen LogP contribution in [0, 0.1) is 5.82 Å². The summed E-state index contributed by atoms with van der Waals surface area (Å²) in [4.78, 5) is 31.9. The van der Waals surface area contributed by atoms with Crippen molar-refractivity contribution in [3.05, 3.63) is 96.1 Å². The van der Waals surface area contributed by atoms with Crippen LogP contribution < -0.4 is 15.0 Å². The number of amides is 2. The minimum Gasteiger partial charge on any atom is -0.477 e. The van der Waals surface area contributed by atoms with Gasteiger partial charge in [0.25, 0.3) is 5.91 Å². The third kappa shape index (κ3) is 5.25. The van der Waals surface area contributed by atoms with E-state index in [0.717, 1.165) is 5.56 Å². The van der Waals surface area contributed by atoms with E-state index in [4.69, 9.17) is 9.26 Å². The number of aromatic nitrogens is 2. The number of carbonyl (C=O) groups excluding carboxylic acids is 2. The molecule has 9 heteroatoms. The lowest BCUT2D eigenvalue weighted by molar-refractivity contribution is -0.128. The lowest BCUT2D eigenvalue weighted by Crippen LogP contribution is -2.50. The lowest BCUT2D eigenvalue weighted by atomic mass is 10.1. The summed E-state index contributed by atoms with van der Waals surface area (Å²) in [5, 5.41) is 6.80. The van der Waals surface area contributed by atoms with E-state index in [1.807, 2.05) is 36.4 Å². The molecular weight excluding hydrogens is 463 g/mol. The fourth-order valence-corrected chi connectivity index (χ4v) is 3.93. The average molecular weight is 487 g/mol. The molecule has 2 amide bonds. The number of nitrogens with zero attached hydrogens (tertiary/aromatic N) is 3. The van der Waals surface area contributed by atoms with Gasteiger partial charge in [0.1, 0.15) is 11.6 Å². The molecule has 0 fully saturated rings. The molecule has 8 nitrogen and oxygen atoms in total. The molecule has 182 valence electrons. The summed E-state index contributed by atoms with van der Waals surface area (Å²) in [7, 11) is 0. The molecule has 1 N–H and O–H groups in total. The highest BCUT2D eigenvalue weighted by molar-refractivity contribution is 5.97. The first-order chi connectivity index (χ1) is 17.6. The minimum absolute atomic E-state index is 0.0845. The molecule has 2 heterocycles. The van der Waals surface area contributed by atoms with Crippen LogP contribution in [-0.4, -0.2) is 34.6 Å². The summed E-state index contributed by atoms with van der Waals surface area (Å²) in [6.45, 7) is 0.448. The van der Waals surface area contributed by atoms with E-state index in [1.54, 1.807) is 35.2 Å². The fraction of sp³-hybridized carbons (Fsp3) is 0.185. The number of anilines is 1. The van der Waals surface area contributed by atoms with Gasteiger partial charge in [-0.1, -0.05) is 47.6 Å². The second-order valence-electron chi connectivity index (χ2n) is 8.30. The summed E-state index contributed by atoms with van der Waals surface area (Å²) >= 11 is 0. The zero-order chi connectivity index (χ0) is 24.9. The molecule has 3 aromatic carbocycles. The number of rotatable bonds is 7. The molecule has 5 rings (SSSR count). The molecule has 0 radical (unpaired) electrons. The number of nitrogens with one attached hydrogen (secondary N) is 1. The van der Waals surface area contributed by atoms with Crippen LogP contribution in [0.1, 0.15) is 17.9 Å². The average Bonchev–Trinajstić information content (AvgIpc) is 3.40. The van der Waals surface area contributed by atoms with Crippen LogP contribution in [0.25, 0.3) is 11.4 Å². The Morgan fingerprint density at radius 2 is 1.75 bits per heavy atom. The van der Waals surface area contributed by atoms with Crippen LogP contribution in [-0.2, 0) is 22.6 Å². The van der Waals surface area contributed by atoms with Crippen molar-refractivity contribution in [1.29, 1.82) is 0 Å². The maximum absolute atomic E-state index is 13.2. The molecule has 0 saturated heterocycles. The molecule has 1 aliphatic rings. The predicted molar refractivity (Wildman–Crippen MR) is 130 cm³/mol. The van der Waals surface area contributed by atoms with E-state index >= 15 is 0 Å². The Balaban J connectivity index is 1.24. The fourth-order valence-electron chi connectivity index (χ4n) is 3.93. The Bertz CT molecular complexity index is 1360. The normalized spacial score (nSPS) is 14.6. The van der Waals surface area contributed by atoms with Gasteiger partial charge in [-0.05, 0) is 42.0 Å². The smallest absolute Gasteiger partial charge is 0.263 e. The minimum atomic E-state index is -0.846. The first kappa shape index (κ1) is 23.2. The second kappa shape index (κ2) is 10.4. The summed E-state index contributed by atoms with van der Waals surface area (Å²) in [6.07, 6.45) is -0.532. The SMILES string of the molecule is O=C(NCc1ccccc1)[C@H]1CN(C(=O)CCc2nc(-c3ccc(F)cc3)no2)c2ccccc2O1. The molecule has 1 atom stereocenters. The van der Waals surface area contributed by atoms with E-state index in [9.17, 15) is 14.0 Å². The summed E-state index contributed by atoms with van der Waals surface area (Å²) in [5.74, 6) is 0.227. The number of hydrogen-bond donors (Lipinski definition) is 1. The quantitative estimate of drug-likeness (QED) is 0.425. The van der Waals surface area contributed by atoms with E-state index in [-0.39, 0.29) is 37.0 Å². The van der Waals surface area contributed by atoms with Crippen LogP contribution in [0.3, 0.4) is 0 Å². The Labute approximate surface area is 206 Å². The molecule has 0 aliphatic carbocycles. The van der Waals surface area contributed by atoms with Gasteiger partial charge in [-0.3, -0.25) is 9.59 Å². The molecular formula is C27H23FN4O4. The zero-order valence-corrected chi connectivity index (χ0v) is 19.3. The van der Waals surface area contributed by atoms with E-state index in [1.165, 1.54) is 12.1 Å². The number of para-hydroxylation sites is 2. The van der Waals surface area contributed by atoms with Gasteiger partial charge in [-0.15, -0.1) is 0 Å². The highest BCUT2D eigenvalue weighted by Crippen LogP contribution is 2.33. The lowest BCUT2D eigenvalue weighted by Gasteiger charge is -2.34. The summed E-state index contributed by atoms with van der Waals surface area (Å²) < 4.78 is 24.3. The maximum Gasteiger partial charge on any atom is 0.263 e. The molecule has 0 saturated carbocycles. The highest BCUT2D eigenvalue weighted by Gasteiger charge is 2.33. The van der Waals surface area contributed by atoms with Crippen molar-refractivity contribution in [2.45, 2.75) is 25.5 Å². The summed E-state index contributed by atoms with van der Waals surface area (Å²) in [6, 6.07) is 22.4. The Morgan fingerprint density at radius 3 is 2.56 bits per heavy atom. The molecule has 1 aromatic heterocycles. The maximum atomic E-state index is 13.2. The van der Waals surface area contributed by atoms with Crippen molar-refractivity contribution in [2.24, 2.45) is 0 Å². The molecule has 0 spiro atoms. The second-order valence-corrected chi connectivity index (χ2v) is 8.30. The standard InChI is InChI=1S/C27H23FN4O4/c28-20-12-10-19(11-13-20)26-30-24(36-31-26)14-15-25(33)32-17-23(35-22-9-5-4-8-21(22)32)27(34)29-16-18-6-2-1-3-7-18/h1-13,23H,14-17H2,(H,29,34)/t23-/m1/s1. The highest BCUT2D eigenvalue weighted by atomic mass is 19.1. The van der Waals surface area contributed by atoms with Crippen molar-refractivity contribution in [3.8, 4) is 17.1 Å². The van der Waals surface area contributed by atoms with E-state index in [0.29, 0.717) is 35.3 Å². The molecule has 1 aliphatic heterocycles. The number of ether oxygens (including phenoxy) is 1. The van der Waals surface area contributed by atoms with Crippen LogP contribution >= 0.6 is 0 Å². The Morgan fingerprint density at radius 1 is 1.00 bits per heavy atom. The van der Waals surface area contributed by atoms with Gasteiger partial charge in [0.2, 0.25) is 17.6 Å². The van der Waals surface area contributed by atoms with Crippen LogP contribution in [0.15, 0.2) is 83.4 Å². The van der Waals surface area contributed by atoms with Gasteiger partial charge in [-0.25, -0.2) is 4.39 Å². The first-order valence-corrected chi connectivity index (χ1v) is 11.5. The predicted octanol–water partition coefficient (Wildman–Crippen LogP) is 3.92. The number of hydrogen-bond acceptors (Lipinski definition) is 6. The van der Waals surface area contributed by atoms with Crippen molar-refractivity contribution in [3.63, 3.8) is 0 Å². The van der Waals surface area contributed by atoms with Gasteiger partial charge in [0, 0.05) is 24.9 Å². The van der Waals surface area contributed by atoms with Gasteiger partial charge in [0.05, 0.1) is 12.2 Å². The molecule has 0 bridgehead atoms. The van der Waals surface area contributed by atoms with Crippen LogP contribution in [0.4, 0.5) is 10.1 Å². The topological polar surface area (TPSA) is 97.6 Å². The van der Waals surface area contributed by atoms with Gasteiger partial charge in [0.15, 0.2) is 6.10 Å². The molecule has 0 unspecified atom stereocenters. The van der Waals surface area contributed by atoms with Gasteiger partial charge in [-0.2, -0.15) is 4.98 Å². The van der Waals surface area contributed by atoms with Gasteiger partial charge >= 0.3 is 0 Å². The number of halogens is 1. The zero-order valence-electron chi connectivity index (χ0n) is 19.3. The third-order valence-corrected chi connectivity index (χ3v) is 5.80. The molecule has 36 heavy (non-hydrogen) atoms.